The number of hydrogen-bond donors (Lipinski definition) is 0. The second-order valence-corrected chi connectivity index (χ2v) is 39.3. The van der Waals surface area contributed by atoms with E-state index in [0.717, 1.165) is 11.8 Å². The Kier molecular flexibility index (Phi) is 62.2. The van der Waals surface area contributed by atoms with Crippen molar-refractivity contribution >= 4 is 0 Å². The summed E-state index contributed by atoms with van der Waals surface area (Å²) in [4.78, 5) is 0. The smallest absolute Gasteiger partial charge is 0.171 e. The summed E-state index contributed by atoms with van der Waals surface area (Å²) in [5.41, 5.74) is -8.62. The first-order chi connectivity index (χ1) is 49.1. The van der Waals surface area contributed by atoms with Crippen molar-refractivity contribution in [2.24, 2.45) is 132 Å². The Morgan fingerprint density at radius 3 is 0.609 bits per heavy atom. The molecule has 0 aliphatic rings. The first-order valence-corrected chi connectivity index (χ1v) is 39.8. The molecule has 30 heteroatoms. The monoisotopic (exact) mass is 1750 g/mol. The van der Waals surface area contributed by atoms with Crippen molar-refractivity contribution in [3.8, 4) is 0 Å². The Hall–Kier alpha value is -2.10. The normalized spacial score (nSPS) is 15.9. The zero-order chi connectivity index (χ0) is 97.2. The standard InChI is InChI=1S/C9H17F3.C9H20.4C8H15F3.5C7H13F3/c1-6(2)8(4,5)7(3)9(10,11)12;1-7(2)8(3)9(4,5)6;2*1-6(2,3)7(4,5)8(9,10)11;2*1-5(2)6(3)7(4)8(9,10)11;1-5(2)6(3,4)7(8,9)10;1-4-6(2,3)5-7(8,9)10;1-4-5-6(2,3)7(8,9)10;1-4-5(2)6(3)7(8,9)10;1-3-6(4-2)5-7(8,9)10/h6-7H,1-5H3;7-8H,1-6H3;2*1-5H3;2*5-7H,1-4H3;5H,1-4H3;2*4-5H2,1-3H3;5-6H,4H2,1-3H3;6H,3-5H2,1-2H3/t;8-;;;2*6-,7?;;;;5?,6-;/m.1..11...1./s1. The highest BCUT2D eigenvalue weighted by atomic mass is 19.4. The maximum absolute atomic E-state index is 12.3. The van der Waals surface area contributed by atoms with Gasteiger partial charge in [0, 0.05) is 12.8 Å². The van der Waals surface area contributed by atoms with E-state index in [2.05, 4.69) is 41.5 Å². The van der Waals surface area contributed by atoms with Crippen LogP contribution in [-0.4, -0.2) is 61.8 Å². The van der Waals surface area contributed by atoms with Crippen LogP contribution in [-0.2, 0) is 0 Å². The zero-order valence-corrected chi connectivity index (χ0v) is 78.6. The molecule has 0 aromatic heterocycles. The highest BCUT2D eigenvalue weighted by molar-refractivity contribution is 4.90. The van der Waals surface area contributed by atoms with Gasteiger partial charge in [0.1, 0.15) is 0 Å². The van der Waals surface area contributed by atoms with Crippen LogP contribution in [0.4, 0.5) is 132 Å². The lowest BCUT2D eigenvalue weighted by Crippen LogP contribution is -2.43. The molecule has 4 unspecified atom stereocenters. The van der Waals surface area contributed by atoms with E-state index in [0.29, 0.717) is 37.5 Å². The Morgan fingerprint density at radius 1 is 0.278 bits per heavy atom. The molecule has 115 heavy (non-hydrogen) atoms. The highest BCUT2D eigenvalue weighted by Gasteiger charge is 2.56. The summed E-state index contributed by atoms with van der Waals surface area (Å²) in [5.74, 6) is -4.36. The fourth-order valence-electron chi connectivity index (χ4n) is 7.87. The van der Waals surface area contributed by atoms with Gasteiger partial charge in [-0.25, -0.2) is 0 Å². The molecule has 0 saturated heterocycles. The van der Waals surface area contributed by atoms with Crippen LogP contribution in [0.25, 0.3) is 0 Å². The summed E-state index contributed by atoms with van der Waals surface area (Å²) < 4.78 is 361. The minimum Gasteiger partial charge on any atom is -0.171 e. The molecule has 0 radical (unpaired) electrons. The van der Waals surface area contributed by atoms with Crippen LogP contribution in [0.5, 0.6) is 0 Å². The molecule has 0 aromatic rings. The third kappa shape index (κ3) is 61.8. The van der Waals surface area contributed by atoms with Crippen molar-refractivity contribution in [2.75, 3.05) is 0 Å². The van der Waals surface area contributed by atoms with Gasteiger partial charge >= 0.3 is 61.8 Å². The van der Waals surface area contributed by atoms with E-state index in [1.165, 1.54) is 83.1 Å². The Bertz CT molecular complexity index is 2250. The van der Waals surface area contributed by atoms with Crippen LogP contribution in [0.15, 0.2) is 0 Å². The van der Waals surface area contributed by atoms with Gasteiger partial charge in [-0.1, -0.05) is 337 Å². The highest BCUT2D eigenvalue weighted by Crippen LogP contribution is 2.52. The van der Waals surface area contributed by atoms with E-state index in [1.807, 2.05) is 41.5 Å². The zero-order valence-electron chi connectivity index (χ0n) is 78.6. The largest absolute Gasteiger partial charge is 0.394 e. The lowest BCUT2D eigenvalue weighted by Gasteiger charge is -2.40. The van der Waals surface area contributed by atoms with Gasteiger partial charge in [0.15, 0.2) is 0 Å². The molecule has 0 aromatic carbocycles. The molecule has 0 amide bonds. The molecule has 0 aliphatic carbocycles. The van der Waals surface area contributed by atoms with Gasteiger partial charge in [0.2, 0.25) is 0 Å². The predicted molar refractivity (Wildman–Crippen MR) is 418 cm³/mol. The SMILES string of the molecule is CC(C)(C)C(C)(C)C(F)(F)F.CC(C)(C)C(C)(C)C(F)(F)F.CC(C)C(C)(C)C(C)C(F)(F)F.CC(C)C(C)(C)C(F)(F)F.CC(C)[C@@H](C)C(C)(C)C.CC(C)[C@@H](C)C(C)C(F)(F)F.CC(C)[C@@H](C)C(C)C(F)(F)F.CCC(C)(C)CC(F)(F)F.CCC(C)[C@@H](C)C(F)(F)F.CCC(CC)CC(F)(F)F.CCCC(C)(C)C(F)(F)F. The average Bonchev–Trinajstić information content (AvgIpc) is 0.795. The van der Waals surface area contributed by atoms with Crippen molar-refractivity contribution in [3.05, 3.63) is 0 Å². The maximum Gasteiger partial charge on any atom is 0.394 e. The topological polar surface area (TPSA) is 0 Å². The quantitative estimate of drug-likeness (QED) is 0.127. The van der Waals surface area contributed by atoms with Gasteiger partial charge in [0.25, 0.3) is 0 Å². The third-order valence-corrected chi connectivity index (χ3v) is 24.5. The lowest BCUT2D eigenvalue weighted by molar-refractivity contribution is -0.244. The summed E-state index contributed by atoms with van der Waals surface area (Å²) in [6.07, 6.45) is -38.7. The maximum atomic E-state index is 12.3. The summed E-state index contributed by atoms with van der Waals surface area (Å²) in [6, 6.07) is 0. The molecule has 0 bridgehead atoms. The van der Waals surface area contributed by atoms with E-state index in [9.17, 15) is 132 Å². The van der Waals surface area contributed by atoms with Gasteiger partial charge < -0.3 is 0 Å². The summed E-state index contributed by atoms with van der Waals surface area (Å²) >= 11 is 0. The molecule has 0 aliphatic heterocycles. The molecule has 0 rings (SSSR count). The van der Waals surface area contributed by atoms with Crippen molar-refractivity contribution < 1.29 is 132 Å². The number of rotatable bonds is 17. The van der Waals surface area contributed by atoms with E-state index < -0.39 is 142 Å². The molecular formula is C85H162F30. The number of halogens is 30. The minimum atomic E-state index is -4.12. The van der Waals surface area contributed by atoms with Crippen molar-refractivity contribution in [3.63, 3.8) is 0 Å². The van der Waals surface area contributed by atoms with Crippen molar-refractivity contribution in [2.45, 2.75) is 418 Å². The summed E-state index contributed by atoms with van der Waals surface area (Å²) in [5, 5.41) is 0. The van der Waals surface area contributed by atoms with Gasteiger partial charge in [-0.2, -0.15) is 132 Å². The van der Waals surface area contributed by atoms with Gasteiger partial charge in [-0.15, -0.1) is 0 Å². The Labute approximate surface area is 678 Å². The van der Waals surface area contributed by atoms with Crippen LogP contribution < -0.4 is 0 Å². The molecule has 712 valence electrons. The molecule has 8 atom stereocenters. The second kappa shape index (κ2) is 52.5. The average molecular weight is 1750 g/mol. The van der Waals surface area contributed by atoms with Crippen LogP contribution >= 0.6 is 0 Å². The predicted octanol–water partition coefficient (Wildman–Crippen LogP) is 38.0. The first-order valence-electron chi connectivity index (χ1n) is 39.8. The molecule has 0 heterocycles. The second-order valence-electron chi connectivity index (χ2n) is 39.3. The fraction of sp³-hybridized carbons (Fsp3) is 1.00. The van der Waals surface area contributed by atoms with Crippen LogP contribution in [0.1, 0.15) is 356 Å². The van der Waals surface area contributed by atoms with E-state index in [-0.39, 0.29) is 53.8 Å². The van der Waals surface area contributed by atoms with E-state index >= 15 is 0 Å². The minimum absolute atomic E-state index is 0.0362. The first kappa shape index (κ1) is 136. The Morgan fingerprint density at radius 2 is 0.557 bits per heavy atom. The lowest BCUT2D eigenvalue weighted by atomic mass is 9.69. The number of alkyl halides is 30. The van der Waals surface area contributed by atoms with Crippen molar-refractivity contribution in [1.29, 1.82) is 0 Å². The molecule has 0 fully saturated rings. The van der Waals surface area contributed by atoms with Crippen LogP contribution in [0.3, 0.4) is 0 Å². The molecule has 0 spiro atoms. The molecule has 0 nitrogen and oxygen atoms in total. The van der Waals surface area contributed by atoms with Gasteiger partial charge in [-0.05, 0) is 92.7 Å². The van der Waals surface area contributed by atoms with Crippen LogP contribution in [0.2, 0.25) is 0 Å². The van der Waals surface area contributed by atoms with Crippen LogP contribution in [0, 0.1) is 132 Å². The summed E-state index contributed by atoms with van der Waals surface area (Å²) in [7, 11) is 0. The van der Waals surface area contributed by atoms with E-state index in [1.54, 1.807) is 138 Å². The van der Waals surface area contributed by atoms with Gasteiger partial charge in [-0.3, -0.25) is 0 Å². The van der Waals surface area contributed by atoms with Crippen molar-refractivity contribution in [1.82, 2.24) is 0 Å². The summed E-state index contributed by atoms with van der Waals surface area (Å²) in [6.45, 7) is 72.6. The fourth-order valence-corrected chi connectivity index (χ4v) is 7.87. The third-order valence-electron chi connectivity index (χ3n) is 24.5. The van der Waals surface area contributed by atoms with E-state index in [4.69, 9.17) is 0 Å². The number of hydrogen-bond acceptors (Lipinski definition) is 0. The molecule has 0 saturated carbocycles. The Balaban J connectivity index is -0.000000115. The molecule has 0 N–H and O–H groups in total. The molecular weight excluding hydrogens is 1590 g/mol. The van der Waals surface area contributed by atoms with Gasteiger partial charge in [0.05, 0.1) is 45.3 Å².